The molecule has 3 heteroatoms. The Balaban J connectivity index is 0.0000001000. The Morgan fingerprint density at radius 1 is 1.30 bits per heavy atom. The lowest BCUT2D eigenvalue weighted by molar-refractivity contribution is 0.548. The molecule has 10 heavy (non-hydrogen) atoms. The predicted molar refractivity (Wildman–Crippen MR) is 39.7 cm³/mol. The van der Waals surface area contributed by atoms with Gasteiger partial charge >= 0.3 is 0 Å². The van der Waals surface area contributed by atoms with Gasteiger partial charge in [0, 0.05) is 0 Å². The fraction of sp³-hybridized carbons (Fsp3) is 0. The molecule has 0 unspecified atom stereocenters. The smallest absolute Gasteiger partial charge is 0.283 e. The molecule has 0 fully saturated rings. The van der Waals surface area contributed by atoms with Gasteiger partial charge in [-0.2, -0.15) is 11.3 Å². The summed E-state index contributed by atoms with van der Waals surface area (Å²) in [7, 11) is 0. The highest BCUT2D eigenvalue weighted by Gasteiger charge is 1.62. The van der Waals surface area contributed by atoms with Gasteiger partial charge in [-0.15, -0.1) is 0 Å². The molecule has 0 N–H and O–H groups in total. The van der Waals surface area contributed by atoms with E-state index in [1.807, 2.05) is 22.9 Å². The van der Waals surface area contributed by atoms with E-state index in [0.717, 1.165) is 0 Å². The third kappa shape index (κ3) is 3.04. The van der Waals surface area contributed by atoms with Crippen LogP contribution in [0.15, 0.2) is 39.8 Å². The molecule has 2 aromatic rings. The van der Waals surface area contributed by atoms with Crippen LogP contribution in [-0.2, 0) is 0 Å². The Morgan fingerprint density at radius 3 is 2.30 bits per heavy atom. The fourth-order valence-electron chi connectivity index (χ4n) is 0.379. The van der Waals surface area contributed by atoms with Gasteiger partial charge in [0.2, 0.25) is 0 Å². The van der Waals surface area contributed by atoms with Crippen LogP contribution >= 0.6 is 11.3 Å². The highest BCUT2D eigenvalue weighted by molar-refractivity contribution is 7.07. The molecule has 0 saturated carbocycles. The number of nitrogens with zero attached hydrogens (tertiary/aromatic N) is 1. The summed E-state index contributed by atoms with van der Waals surface area (Å²) in [5.74, 6) is 0. The standard InChI is InChI=1S/C4H4S.C3H2NO/c1-2-4-5-3-1;1-2-5-3-4-1/h1-4H;1-2H. The van der Waals surface area contributed by atoms with Crippen LogP contribution in [0.1, 0.15) is 0 Å². The van der Waals surface area contributed by atoms with Gasteiger partial charge in [0.1, 0.15) is 6.26 Å². The predicted octanol–water partition coefficient (Wildman–Crippen LogP) is 2.22. The van der Waals surface area contributed by atoms with Gasteiger partial charge in [-0.3, -0.25) is 0 Å². The minimum Gasteiger partial charge on any atom is -0.441 e. The molecule has 0 atom stereocenters. The average molecular weight is 152 g/mol. The molecule has 2 nitrogen and oxygen atoms in total. The minimum absolute atomic E-state index is 1.46. The minimum atomic E-state index is 1.46. The van der Waals surface area contributed by atoms with E-state index in [9.17, 15) is 0 Å². The van der Waals surface area contributed by atoms with Crippen molar-refractivity contribution in [3.63, 3.8) is 0 Å². The van der Waals surface area contributed by atoms with Crippen LogP contribution in [-0.4, -0.2) is 4.98 Å². The normalized spacial score (nSPS) is 8.00. The molecular formula is C7H6NOS. The maximum atomic E-state index is 4.35. The number of aromatic nitrogens is 1. The largest absolute Gasteiger partial charge is 0.441 e. The van der Waals surface area contributed by atoms with E-state index < -0.39 is 0 Å². The molecule has 2 aromatic heterocycles. The van der Waals surface area contributed by atoms with Gasteiger partial charge < -0.3 is 4.42 Å². The summed E-state index contributed by atoms with van der Waals surface area (Å²) in [6.07, 6.45) is 5.22. The van der Waals surface area contributed by atoms with Crippen LogP contribution in [0.4, 0.5) is 0 Å². The Morgan fingerprint density at radius 2 is 2.10 bits per heavy atom. The number of oxazole rings is 1. The molecule has 0 aliphatic carbocycles. The quantitative estimate of drug-likeness (QED) is 0.578. The summed E-state index contributed by atoms with van der Waals surface area (Å²) in [4.78, 5) is 3.43. The first-order valence-corrected chi connectivity index (χ1v) is 3.67. The molecular weight excluding hydrogens is 146 g/mol. The first-order valence-electron chi connectivity index (χ1n) is 2.73. The van der Waals surface area contributed by atoms with Crippen LogP contribution < -0.4 is 0 Å². The fourth-order valence-corrected chi connectivity index (χ4v) is 0.833. The number of hydrogen-bond donors (Lipinski definition) is 0. The summed E-state index contributed by atoms with van der Waals surface area (Å²) < 4.78 is 4.35. The first kappa shape index (κ1) is 7.02. The van der Waals surface area contributed by atoms with Gasteiger partial charge in [-0.25, -0.2) is 4.98 Å². The van der Waals surface area contributed by atoms with Gasteiger partial charge in [-0.1, -0.05) is 12.1 Å². The Kier molecular flexibility index (Phi) is 3.34. The molecule has 0 spiro atoms. The first-order chi connectivity index (χ1) is 5.00. The highest BCUT2D eigenvalue weighted by Crippen LogP contribution is 1.91. The van der Waals surface area contributed by atoms with Crippen molar-refractivity contribution in [3.8, 4) is 0 Å². The van der Waals surface area contributed by atoms with E-state index in [4.69, 9.17) is 0 Å². The van der Waals surface area contributed by atoms with E-state index in [2.05, 4.69) is 15.8 Å². The van der Waals surface area contributed by atoms with Crippen molar-refractivity contribution in [1.29, 1.82) is 0 Å². The van der Waals surface area contributed by atoms with Crippen LogP contribution in [0, 0.1) is 6.39 Å². The summed E-state index contributed by atoms with van der Waals surface area (Å²) >= 11 is 1.71. The molecule has 1 radical (unpaired) electrons. The van der Waals surface area contributed by atoms with Gasteiger partial charge in [0.25, 0.3) is 6.39 Å². The number of hydrogen-bond acceptors (Lipinski definition) is 3. The van der Waals surface area contributed by atoms with Crippen LogP contribution in [0.2, 0.25) is 0 Å². The molecule has 0 aliphatic rings. The van der Waals surface area contributed by atoms with Crippen molar-refractivity contribution in [2.45, 2.75) is 0 Å². The molecule has 0 saturated heterocycles. The van der Waals surface area contributed by atoms with E-state index >= 15 is 0 Å². The van der Waals surface area contributed by atoms with E-state index in [1.165, 1.54) is 12.5 Å². The van der Waals surface area contributed by atoms with Gasteiger partial charge in [-0.05, 0) is 10.8 Å². The summed E-state index contributed by atoms with van der Waals surface area (Å²) in [5, 5.41) is 4.08. The van der Waals surface area contributed by atoms with Crippen molar-refractivity contribution in [2.24, 2.45) is 0 Å². The maximum absolute atomic E-state index is 4.35. The molecule has 0 aromatic carbocycles. The topological polar surface area (TPSA) is 26.0 Å². The van der Waals surface area contributed by atoms with Crippen LogP contribution in [0.5, 0.6) is 0 Å². The van der Waals surface area contributed by atoms with Crippen molar-refractivity contribution in [2.75, 3.05) is 0 Å². The maximum Gasteiger partial charge on any atom is 0.283 e. The van der Waals surface area contributed by atoms with Crippen LogP contribution in [0.3, 0.4) is 0 Å². The monoisotopic (exact) mass is 152 g/mol. The zero-order valence-corrected chi connectivity index (χ0v) is 6.04. The zero-order valence-electron chi connectivity index (χ0n) is 5.23. The van der Waals surface area contributed by atoms with Crippen LogP contribution in [0.25, 0.3) is 0 Å². The van der Waals surface area contributed by atoms with Crippen molar-refractivity contribution < 1.29 is 4.42 Å². The number of thiophene rings is 1. The van der Waals surface area contributed by atoms with Crippen molar-refractivity contribution in [1.82, 2.24) is 4.98 Å². The second kappa shape index (κ2) is 4.76. The SMILES string of the molecule is [c]1ncco1.c1ccsc1. The van der Waals surface area contributed by atoms with Crippen molar-refractivity contribution in [3.05, 3.63) is 41.7 Å². The summed E-state index contributed by atoms with van der Waals surface area (Å²) in [6.45, 7) is 0. The Hall–Kier alpha value is -1.09. The van der Waals surface area contributed by atoms with E-state index in [0.29, 0.717) is 0 Å². The molecule has 51 valence electrons. The lowest BCUT2D eigenvalue weighted by Crippen LogP contribution is -1.40. The van der Waals surface area contributed by atoms with Gasteiger partial charge in [0.15, 0.2) is 0 Å². The number of rotatable bonds is 0. The van der Waals surface area contributed by atoms with Crippen molar-refractivity contribution >= 4 is 11.3 Å². The molecule has 0 aliphatic heterocycles. The zero-order chi connectivity index (χ0) is 7.07. The van der Waals surface area contributed by atoms with E-state index in [1.54, 1.807) is 11.3 Å². The van der Waals surface area contributed by atoms with Gasteiger partial charge in [0.05, 0.1) is 6.20 Å². The lowest BCUT2D eigenvalue weighted by atomic mass is 10.7. The second-order valence-electron chi connectivity index (χ2n) is 1.42. The molecule has 2 heterocycles. The Labute approximate surface area is 63.1 Å². The summed E-state index contributed by atoms with van der Waals surface area (Å²) in [5.41, 5.74) is 0. The third-order valence-electron chi connectivity index (χ3n) is 0.734. The second-order valence-corrected chi connectivity index (χ2v) is 2.23. The Bertz CT molecular complexity index is 153. The molecule has 0 bridgehead atoms. The third-order valence-corrected chi connectivity index (χ3v) is 1.36. The average Bonchev–Trinajstić information content (AvgIpc) is 2.67. The molecule has 0 amide bonds. The van der Waals surface area contributed by atoms with E-state index in [-0.39, 0.29) is 0 Å². The highest BCUT2D eigenvalue weighted by atomic mass is 32.1. The molecule has 2 rings (SSSR count). The summed E-state index contributed by atoms with van der Waals surface area (Å²) in [6, 6.07) is 4.04. The lowest BCUT2D eigenvalue weighted by Gasteiger charge is -1.44.